The highest BCUT2D eigenvalue weighted by Crippen LogP contribution is 2.27. The molecule has 0 N–H and O–H groups in total. The summed E-state index contributed by atoms with van der Waals surface area (Å²) in [7, 11) is 0. The van der Waals surface area contributed by atoms with Gasteiger partial charge in [0.2, 0.25) is 0 Å². The maximum absolute atomic E-state index is 12.4. The summed E-state index contributed by atoms with van der Waals surface area (Å²) in [5.74, 6) is -0.280. The number of carbonyl (C=O) groups is 1. The molecule has 1 heterocycles. The molecule has 1 aromatic heterocycles. The summed E-state index contributed by atoms with van der Waals surface area (Å²) >= 11 is 6.16. The van der Waals surface area contributed by atoms with Gasteiger partial charge in [-0.05, 0) is 38.0 Å². The fourth-order valence-corrected chi connectivity index (χ4v) is 2.80. The van der Waals surface area contributed by atoms with Gasteiger partial charge in [-0.2, -0.15) is 0 Å². The van der Waals surface area contributed by atoms with Crippen molar-refractivity contribution in [3.8, 4) is 0 Å². The Kier molecular flexibility index (Phi) is 6.40. The van der Waals surface area contributed by atoms with E-state index in [2.05, 4.69) is 11.9 Å². The predicted molar refractivity (Wildman–Crippen MR) is 95.3 cm³/mol. The Morgan fingerprint density at radius 2 is 1.91 bits per heavy atom. The lowest BCUT2D eigenvalue weighted by atomic mass is 10.0. The highest BCUT2D eigenvalue weighted by atomic mass is 35.5. The second kappa shape index (κ2) is 8.30. The average Bonchev–Trinajstić information content (AvgIpc) is 2.53. The van der Waals surface area contributed by atoms with Crippen molar-refractivity contribution in [2.24, 2.45) is 0 Å². The highest BCUT2D eigenvalue weighted by molar-refractivity contribution is 6.32. The average molecular weight is 334 g/mol. The number of nitrogens with zero attached hydrogens (tertiary/aromatic N) is 1. The number of benzene rings is 1. The number of rotatable bonds is 7. The Balaban J connectivity index is 2.13. The highest BCUT2D eigenvalue weighted by Gasteiger charge is 2.15. The van der Waals surface area contributed by atoms with E-state index in [1.54, 1.807) is 12.1 Å². The first-order valence-electron chi connectivity index (χ1n) is 8.28. The summed E-state index contributed by atoms with van der Waals surface area (Å²) in [4.78, 5) is 16.9. The first kappa shape index (κ1) is 17.7. The van der Waals surface area contributed by atoms with Crippen LogP contribution in [0, 0.1) is 13.8 Å². The Morgan fingerprint density at radius 3 is 2.65 bits per heavy atom. The van der Waals surface area contributed by atoms with Gasteiger partial charge in [-0.3, -0.25) is 4.98 Å². The normalized spacial score (nSPS) is 11.0. The Labute approximate surface area is 143 Å². The Morgan fingerprint density at radius 1 is 1.17 bits per heavy atom. The molecule has 0 atom stereocenters. The summed E-state index contributed by atoms with van der Waals surface area (Å²) in [6.45, 7) is 6.45. The predicted octanol–water partition coefficient (Wildman–Crippen LogP) is 5.63. The quantitative estimate of drug-likeness (QED) is 0.486. The van der Waals surface area contributed by atoms with Crippen LogP contribution >= 0.6 is 11.6 Å². The summed E-state index contributed by atoms with van der Waals surface area (Å²) < 4.78 is 5.44. The van der Waals surface area contributed by atoms with E-state index in [4.69, 9.17) is 16.3 Å². The van der Waals surface area contributed by atoms with Gasteiger partial charge < -0.3 is 4.74 Å². The zero-order valence-electron chi connectivity index (χ0n) is 14.1. The van der Waals surface area contributed by atoms with Crippen LogP contribution in [0.4, 0.5) is 0 Å². The molecule has 0 amide bonds. The van der Waals surface area contributed by atoms with Crippen LogP contribution in [0.5, 0.6) is 0 Å². The van der Waals surface area contributed by atoms with Gasteiger partial charge in [0.15, 0.2) is 0 Å². The molecular formula is C19H24ClNO2. The largest absolute Gasteiger partial charge is 0.462 e. The van der Waals surface area contributed by atoms with Crippen LogP contribution in [0.15, 0.2) is 18.2 Å². The van der Waals surface area contributed by atoms with E-state index < -0.39 is 0 Å². The van der Waals surface area contributed by atoms with E-state index in [1.807, 2.05) is 19.9 Å². The van der Waals surface area contributed by atoms with E-state index in [1.165, 1.54) is 19.3 Å². The van der Waals surface area contributed by atoms with Gasteiger partial charge in [0.05, 0.1) is 17.7 Å². The van der Waals surface area contributed by atoms with Crippen LogP contribution in [0.25, 0.3) is 10.9 Å². The van der Waals surface area contributed by atoms with Crippen LogP contribution in [-0.2, 0) is 4.74 Å². The Hall–Kier alpha value is -1.61. The monoisotopic (exact) mass is 333 g/mol. The van der Waals surface area contributed by atoms with Crippen molar-refractivity contribution in [2.75, 3.05) is 6.61 Å². The van der Waals surface area contributed by atoms with E-state index in [0.29, 0.717) is 17.2 Å². The third-order valence-electron chi connectivity index (χ3n) is 4.00. The van der Waals surface area contributed by atoms with E-state index in [0.717, 1.165) is 35.0 Å². The van der Waals surface area contributed by atoms with Gasteiger partial charge in [0.25, 0.3) is 0 Å². The minimum atomic E-state index is -0.280. The van der Waals surface area contributed by atoms with Crippen LogP contribution in [-0.4, -0.2) is 17.6 Å². The van der Waals surface area contributed by atoms with Gasteiger partial charge in [0, 0.05) is 16.1 Å². The van der Waals surface area contributed by atoms with Crippen molar-refractivity contribution < 1.29 is 9.53 Å². The van der Waals surface area contributed by atoms with Crippen LogP contribution in [0.2, 0.25) is 5.02 Å². The minimum absolute atomic E-state index is 0.280. The SMILES string of the molecule is CCCCCCCOC(=O)c1cc(C)nc2c(C)c(Cl)ccc12. The van der Waals surface area contributed by atoms with Crippen molar-refractivity contribution in [3.63, 3.8) is 0 Å². The van der Waals surface area contributed by atoms with Crippen molar-refractivity contribution in [1.29, 1.82) is 0 Å². The zero-order valence-corrected chi connectivity index (χ0v) is 14.9. The molecule has 0 unspecified atom stereocenters. The fraction of sp³-hybridized carbons (Fsp3) is 0.474. The Bertz CT molecular complexity index is 697. The van der Waals surface area contributed by atoms with Gasteiger partial charge in [0.1, 0.15) is 0 Å². The first-order chi connectivity index (χ1) is 11.0. The van der Waals surface area contributed by atoms with Gasteiger partial charge in [-0.1, -0.05) is 50.3 Å². The summed E-state index contributed by atoms with van der Waals surface area (Å²) in [5, 5.41) is 1.46. The smallest absolute Gasteiger partial charge is 0.338 e. The number of aryl methyl sites for hydroxylation is 2. The third-order valence-corrected chi connectivity index (χ3v) is 4.41. The van der Waals surface area contributed by atoms with E-state index in [-0.39, 0.29) is 5.97 Å². The lowest BCUT2D eigenvalue weighted by Crippen LogP contribution is -2.08. The standard InChI is InChI=1S/C19H24ClNO2/c1-4-5-6-7-8-11-23-19(22)16-12-13(2)21-18-14(3)17(20)10-9-15(16)18/h9-10,12H,4-8,11H2,1-3H3. The topological polar surface area (TPSA) is 39.2 Å². The number of ether oxygens (including phenoxy) is 1. The second-order valence-electron chi connectivity index (χ2n) is 5.93. The molecule has 4 heteroatoms. The molecular weight excluding hydrogens is 310 g/mol. The van der Waals surface area contributed by atoms with Crippen molar-refractivity contribution >= 4 is 28.5 Å². The summed E-state index contributed by atoms with van der Waals surface area (Å²) in [6.07, 6.45) is 5.67. The molecule has 0 aliphatic heterocycles. The minimum Gasteiger partial charge on any atom is -0.462 e. The van der Waals surface area contributed by atoms with E-state index >= 15 is 0 Å². The molecule has 0 fully saturated rings. The summed E-state index contributed by atoms with van der Waals surface area (Å²) in [5.41, 5.74) is 3.02. The van der Waals surface area contributed by atoms with Crippen molar-refractivity contribution in [3.05, 3.63) is 40.0 Å². The fourth-order valence-electron chi connectivity index (χ4n) is 2.65. The molecule has 0 spiro atoms. The van der Waals surface area contributed by atoms with Crippen LogP contribution < -0.4 is 0 Å². The molecule has 124 valence electrons. The number of halogens is 1. The number of pyridine rings is 1. The lowest BCUT2D eigenvalue weighted by molar-refractivity contribution is 0.0500. The number of hydrogen-bond donors (Lipinski definition) is 0. The van der Waals surface area contributed by atoms with Crippen LogP contribution in [0.1, 0.15) is 60.6 Å². The molecule has 3 nitrogen and oxygen atoms in total. The number of esters is 1. The molecule has 0 aliphatic rings. The molecule has 0 aliphatic carbocycles. The molecule has 2 rings (SSSR count). The molecule has 0 saturated carbocycles. The molecule has 0 bridgehead atoms. The number of fused-ring (bicyclic) bond motifs is 1. The van der Waals surface area contributed by atoms with E-state index in [9.17, 15) is 4.79 Å². The molecule has 0 saturated heterocycles. The van der Waals surface area contributed by atoms with Gasteiger partial charge in [-0.25, -0.2) is 4.79 Å². The maximum atomic E-state index is 12.4. The zero-order chi connectivity index (χ0) is 16.8. The van der Waals surface area contributed by atoms with Crippen molar-refractivity contribution in [1.82, 2.24) is 4.98 Å². The molecule has 1 aromatic carbocycles. The number of carbonyl (C=O) groups excluding carboxylic acids is 1. The maximum Gasteiger partial charge on any atom is 0.338 e. The first-order valence-corrected chi connectivity index (χ1v) is 8.66. The van der Waals surface area contributed by atoms with Gasteiger partial charge in [-0.15, -0.1) is 0 Å². The van der Waals surface area contributed by atoms with Crippen LogP contribution in [0.3, 0.4) is 0 Å². The molecule has 23 heavy (non-hydrogen) atoms. The molecule has 2 aromatic rings. The number of unbranched alkanes of at least 4 members (excludes halogenated alkanes) is 4. The second-order valence-corrected chi connectivity index (χ2v) is 6.34. The van der Waals surface area contributed by atoms with Crippen molar-refractivity contribution in [2.45, 2.75) is 52.9 Å². The van der Waals surface area contributed by atoms with Gasteiger partial charge >= 0.3 is 5.97 Å². The summed E-state index contributed by atoms with van der Waals surface area (Å²) in [6, 6.07) is 5.43. The lowest BCUT2D eigenvalue weighted by Gasteiger charge is -2.10. The third kappa shape index (κ3) is 4.44. The number of hydrogen-bond acceptors (Lipinski definition) is 3. The molecule has 0 radical (unpaired) electrons. The number of aromatic nitrogens is 1.